The summed E-state index contributed by atoms with van der Waals surface area (Å²) in [7, 11) is -4.34. The van der Waals surface area contributed by atoms with Gasteiger partial charge in [-0.15, -0.1) is 0 Å². The quantitative estimate of drug-likeness (QED) is 0.0376. The van der Waals surface area contributed by atoms with Crippen LogP contribution in [-0.2, 0) is 14.9 Å². The van der Waals surface area contributed by atoms with Crippen molar-refractivity contribution in [3.8, 4) is 0 Å². The fourth-order valence-corrected chi connectivity index (χ4v) is 6.32. The lowest BCUT2D eigenvalue weighted by Gasteiger charge is -2.21. The Balaban J connectivity index is 3.99. The SMILES string of the molecule is CCCCCCCCC/C=C/CC/C=C/C(O)C(CS(=O)(=O)O)NC(=O)CCCCCCCCCCCCCCCCCC. The maximum absolute atomic E-state index is 12.4. The van der Waals surface area contributed by atoms with Crippen LogP contribution in [0.25, 0.3) is 0 Å². The molecule has 0 aliphatic carbocycles. The summed E-state index contributed by atoms with van der Waals surface area (Å²) in [6.07, 6.45) is 38.7. The second-order valence-electron chi connectivity index (χ2n) is 12.9. The van der Waals surface area contributed by atoms with Crippen LogP contribution in [0.4, 0.5) is 0 Å². The van der Waals surface area contributed by atoms with E-state index in [0.717, 1.165) is 38.5 Å². The molecule has 0 aliphatic heterocycles. The Hall–Kier alpha value is -1.18. The Bertz CT molecular complexity index is 796. The minimum Gasteiger partial charge on any atom is -0.387 e. The summed E-state index contributed by atoms with van der Waals surface area (Å²) in [5.41, 5.74) is 0. The number of hydrogen-bond acceptors (Lipinski definition) is 4. The maximum Gasteiger partial charge on any atom is 0.267 e. The van der Waals surface area contributed by atoms with E-state index in [1.54, 1.807) is 0 Å². The van der Waals surface area contributed by atoms with E-state index in [1.807, 2.05) is 6.08 Å². The van der Waals surface area contributed by atoms with E-state index in [2.05, 4.69) is 31.3 Å². The van der Waals surface area contributed by atoms with Gasteiger partial charge in [-0.2, -0.15) is 8.42 Å². The highest BCUT2D eigenvalue weighted by Gasteiger charge is 2.24. The molecule has 0 saturated heterocycles. The molecule has 0 heterocycles. The first-order valence-corrected chi connectivity index (χ1v) is 20.1. The van der Waals surface area contributed by atoms with E-state index in [9.17, 15) is 22.9 Å². The average molecular weight is 642 g/mol. The van der Waals surface area contributed by atoms with Crippen LogP contribution in [0.15, 0.2) is 24.3 Å². The monoisotopic (exact) mass is 642 g/mol. The molecule has 0 aromatic rings. The molecule has 0 aromatic carbocycles. The van der Waals surface area contributed by atoms with Gasteiger partial charge >= 0.3 is 0 Å². The van der Waals surface area contributed by atoms with E-state index in [4.69, 9.17) is 0 Å². The number of rotatable bonds is 33. The Morgan fingerprint density at radius 2 is 0.977 bits per heavy atom. The van der Waals surface area contributed by atoms with E-state index in [0.29, 0.717) is 6.42 Å². The van der Waals surface area contributed by atoms with Gasteiger partial charge in [-0.1, -0.05) is 173 Å². The van der Waals surface area contributed by atoms with Gasteiger partial charge in [0.05, 0.1) is 17.9 Å². The molecule has 260 valence electrons. The van der Waals surface area contributed by atoms with Gasteiger partial charge < -0.3 is 10.4 Å². The minimum absolute atomic E-state index is 0.287. The zero-order chi connectivity index (χ0) is 32.6. The summed E-state index contributed by atoms with van der Waals surface area (Å²) in [5, 5.41) is 13.1. The lowest BCUT2D eigenvalue weighted by atomic mass is 10.0. The topological polar surface area (TPSA) is 104 Å². The molecule has 0 aromatic heterocycles. The molecule has 0 rings (SSSR count). The molecule has 0 saturated carbocycles. The fourth-order valence-electron chi connectivity index (χ4n) is 5.58. The van der Waals surface area contributed by atoms with Crippen LogP contribution >= 0.6 is 0 Å². The molecule has 0 bridgehead atoms. The van der Waals surface area contributed by atoms with Crippen molar-refractivity contribution in [3.05, 3.63) is 24.3 Å². The first-order valence-electron chi connectivity index (χ1n) is 18.5. The summed E-state index contributed by atoms with van der Waals surface area (Å²) >= 11 is 0. The Morgan fingerprint density at radius 1 is 0.591 bits per heavy atom. The van der Waals surface area contributed by atoms with Crippen LogP contribution in [-0.4, -0.2) is 41.9 Å². The van der Waals surface area contributed by atoms with Gasteiger partial charge in [-0.25, -0.2) is 0 Å². The van der Waals surface area contributed by atoms with E-state index in [-0.39, 0.29) is 5.91 Å². The first-order chi connectivity index (χ1) is 21.3. The molecule has 0 radical (unpaired) electrons. The van der Waals surface area contributed by atoms with Gasteiger partial charge in [0.25, 0.3) is 10.1 Å². The smallest absolute Gasteiger partial charge is 0.267 e. The maximum atomic E-state index is 12.4. The van der Waals surface area contributed by atoms with Crippen LogP contribution in [0, 0.1) is 0 Å². The largest absolute Gasteiger partial charge is 0.387 e. The van der Waals surface area contributed by atoms with Crippen LogP contribution in [0.1, 0.15) is 187 Å². The Morgan fingerprint density at radius 3 is 1.43 bits per heavy atom. The molecular formula is C37H71NO5S. The molecule has 44 heavy (non-hydrogen) atoms. The standard InChI is InChI=1S/C37H71NO5S/c1-3-5-7-9-11-13-15-17-18-19-21-23-25-27-29-31-33-37(40)38-35(34-44(41,42)43)36(39)32-30-28-26-24-22-20-16-14-12-10-8-6-4-2/h22,24,30,32,35-36,39H,3-21,23,25-29,31,33-34H2,1-2H3,(H,38,40)(H,41,42,43)/b24-22+,32-30+. The third kappa shape index (κ3) is 32.2. The number of aliphatic hydroxyl groups excluding tert-OH is 1. The third-order valence-electron chi connectivity index (χ3n) is 8.38. The van der Waals surface area contributed by atoms with Crippen LogP contribution in [0.5, 0.6) is 0 Å². The van der Waals surface area contributed by atoms with Crippen molar-refractivity contribution in [2.45, 2.75) is 199 Å². The highest BCUT2D eigenvalue weighted by atomic mass is 32.2. The van der Waals surface area contributed by atoms with Gasteiger partial charge in [0, 0.05) is 6.42 Å². The second-order valence-corrected chi connectivity index (χ2v) is 14.4. The number of hydrogen-bond donors (Lipinski definition) is 3. The molecule has 2 unspecified atom stereocenters. The highest BCUT2D eigenvalue weighted by Crippen LogP contribution is 2.14. The number of unbranched alkanes of at least 4 members (excludes halogenated alkanes) is 23. The van der Waals surface area contributed by atoms with Gasteiger partial charge in [-0.05, 0) is 32.1 Å². The molecular weight excluding hydrogens is 570 g/mol. The number of carbonyl (C=O) groups excluding carboxylic acids is 1. The number of aliphatic hydroxyl groups is 1. The predicted octanol–water partition coefficient (Wildman–Crippen LogP) is 10.4. The summed E-state index contributed by atoms with van der Waals surface area (Å²) < 4.78 is 32.3. The van der Waals surface area contributed by atoms with Crippen molar-refractivity contribution in [3.63, 3.8) is 0 Å². The molecule has 2 atom stereocenters. The molecule has 0 aliphatic rings. The van der Waals surface area contributed by atoms with Crippen molar-refractivity contribution in [1.29, 1.82) is 0 Å². The third-order valence-corrected chi connectivity index (χ3v) is 9.16. The number of amides is 1. The second kappa shape index (κ2) is 31.8. The number of nitrogens with one attached hydrogen (secondary N) is 1. The summed E-state index contributed by atoms with van der Waals surface area (Å²) in [6.45, 7) is 4.50. The zero-order valence-electron chi connectivity index (χ0n) is 28.8. The van der Waals surface area contributed by atoms with E-state index in [1.165, 1.54) is 134 Å². The van der Waals surface area contributed by atoms with Crippen molar-refractivity contribution in [1.82, 2.24) is 5.32 Å². The lowest BCUT2D eigenvalue weighted by molar-refractivity contribution is -0.122. The van der Waals surface area contributed by atoms with Crippen LogP contribution < -0.4 is 5.32 Å². The number of carbonyl (C=O) groups is 1. The van der Waals surface area contributed by atoms with Gasteiger partial charge in [0.2, 0.25) is 5.91 Å². The molecule has 3 N–H and O–H groups in total. The molecule has 7 heteroatoms. The summed E-state index contributed by atoms with van der Waals surface area (Å²) in [6, 6.07) is -1.07. The van der Waals surface area contributed by atoms with Gasteiger partial charge in [0.1, 0.15) is 0 Å². The van der Waals surface area contributed by atoms with Crippen molar-refractivity contribution < 1.29 is 22.9 Å². The fraction of sp³-hybridized carbons (Fsp3) is 0.865. The molecule has 1 amide bonds. The van der Waals surface area contributed by atoms with E-state index >= 15 is 0 Å². The highest BCUT2D eigenvalue weighted by molar-refractivity contribution is 7.85. The van der Waals surface area contributed by atoms with Crippen molar-refractivity contribution in [2.75, 3.05) is 5.75 Å². The minimum atomic E-state index is -4.34. The van der Waals surface area contributed by atoms with E-state index < -0.39 is 28.0 Å². The molecule has 0 fully saturated rings. The molecule has 0 spiro atoms. The summed E-state index contributed by atoms with van der Waals surface area (Å²) in [5.74, 6) is -0.994. The molecule has 6 nitrogen and oxygen atoms in total. The van der Waals surface area contributed by atoms with Gasteiger partial charge in [-0.3, -0.25) is 9.35 Å². The van der Waals surface area contributed by atoms with Crippen molar-refractivity contribution in [2.24, 2.45) is 0 Å². The lowest BCUT2D eigenvalue weighted by Crippen LogP contribution is -2.46. The van der Waals surface area contributed by atoms with Crippen LogP contribution in [0.3, 0.4) is 0 Å². The Kier molecular flexibility index (Phi) is 30.9. The predicted molar refractivity (Wildman–Crippen MR) is 189 cm³/mol. The summed E-state index contributed by atoms with van der Waals surface area (Å²) in [4.78, 5) is 12.4. The van der Waals surface area contributed by atoms with Crippen molar-refractivity contribution >= 4 is 16.0 Å². The zero-order valence-corrected chi connectivity index (χ0v) is 29.6. The van der Waals surface area contributed by atoms with Gasteiger partial charge in [0.15, 0.2) is 0 Å². The average Bonchev–Trinajstić information content (AvgIpc) is 2.98. The normalized spacial score (nSPS) is 13.6. The van der Waals surface area contributed by atoms with Crippen LogP contribution in [0.2, 0.25) is 0 Å². The number of allylic oxidation sites excluding steroid dienone is 3. The Labute approximate surface area is 273 Å². The first kappa shape index (κ1) is 42.8.